The largest absolute Gasteiger partial charge is 0.480 e. The van der Waals surface area contributed by atoms with Crippen molar-refractivity contribution in [3.05, 3.63) is 15.8 Å². The zero-order chi connectivity index (χ0) is 15.1. The summed E-state index contributed by atoms with van der Waals surface area (Å²) in [4.78, 5) is 13.0. The van der Waals surface area contributed by atoms with Crippen molar-refractivity contribution in [1.82, 2.24) is 4.31 Å². The Morgan fingerprint density at radius 3 is 2.60 bits per heavy atom. The molecule has 1 N–H and O–H groups in total. The lowest BCUT2D eigenvalue weighted by Gasteiger charge is -2.20. The number of ether oxygens (including phenoxy) is 1. The maximum absolute atomic E-state index is 12.7. The van der Waals surface area contributed by atoms with Crippen LogP contribution < -0.4 is 0 Å². The fourth-order valence-electron chi connectivity index (χ4n) is 2.42. The molecule has 2 rings (SSSR count). The van der Waals surface area contributed by atoms with Crippen molar-refractivity contribution >= 4 is 27.3 Å². The number of hydrogen-bond acceptors (Lipinski definition) is 5. The third-order valence-corrected chi connectivity index (χ3v) is 6.51. The van der Waals surface area contributed by atoms with Crippen LogP contribution in [0.4, 0.5) is 0 Å². The summed E-state index contributed by atoms with van der Waals surface area (Å²) in [5, 5.41) is 9.22. The Kier molecular flexibility index (Phi) is 4.19. The minimum atomic E-state index is -3.80. The minimum absolute atomic E-state index is 0.0735. The summed E-state index contributed by atoms with van der Waals surface area (Å²) >= 11 is 1.39. The van der Waals surface area contributed by atoms with Crippen molar-refractivity contribution in [3.8, 4) is 0 Å². The van der Waals surface area contributed by atoms with Crippen molar-refractivity contribution in [2.75, 3.05) is 13.7 Å². The molecule has 1 aliphatic heterocycles. The molecule has 2 unspecified atom stereocenters. The highest BCUT2D eigenvalue weighted by Gasteiger charge is 2.44. The standard InChI is InChI=1S/C12H17NO5S2/c1-7-4-11(8(2)19-7)20(16,17)13-6-9(18-3)5-10(13)12(14)15/h4,9-10H,5-6H2,1-3H3,(H,14,15). The third kappa shape index (κ3) is 2.60. The maximum atomic E-state index is 12.7. The first-order valence-corrected chi connectivity index (χ1v) is 8.37. The van der Waals surface area contributed by atoms with Gasteiger partial charge in [0.15, 0.2) is 0 Å². The lowest BCUT2D eigenvalue weighted by Crippen LogP contribution is -2.40. The first kappa shape index (κ1) is 15.4. The minimum Gasteiger partial charge on any atom is -0.480 e. The first-order valence-electron chi connectivity index (χ1n) is 6.12. The van der Waals surface area contributed by atoms with E-state index >= 15 is 0 Å². The normalized spacial score (nSPS) is 24.1. The molecule has 2 heterocycles. The fourth-order valence-corrected chi connectivity index (χ4v) is 5.57. The first-order chi connectivity index (χ1) is 9.27. The van der Waals surface area contributed by atoms with Crippen molar-refractivity contribution in [3.63, 3.8) is 0 Å². The molecule has 0 spiro atoms. The number of thiophene rings is 1. The van der Waals surface area contributed by atoms with Crippen LogP contribution in [0.2, 0.25) is 0 Å². The van der Waals surface area contributed by atoms with Gasteiger partial charge in [-0.3, -0.25) is 4.79 Å². The lowest BCUT2D eigenvalue weighted by atomic mass is 10.2. The number of carboxylic acids is 1. The average molecular weight is 319 g/mol. The molecule has 1 fully saturated rings. The lowest BCUT2D eigenvalue weighted by molar-refractivity contribution is -0.140. The SMILES string of the molecule is COC1CC(C(=O)O)N(S(=O)(=O)c2cc(C)sc2C)C1. The van der Waals surface area contributed by atoms with Gasteiger partial charge in [0.1, 0.15) is 6.04 Å². The Morgan fingerprint density at radius 1 is 1.50 bits per heavy atom. The second-order valence-electron chi connectivity index (χ2n) is 4.80. The van der Waals surface area contributed by atoms with Gasteiger partial charge in [-0.05, 0) is 19.9 Å². The van der Waals surface area contributed by atoms with Crippen molar-refractivity contribution in [2.45, 2.75) is 37.3 Å². The van der Waals surface area contributed by atoms with E-state index in [0.29, 0.717) is 4.88 Å². The van der Waals surface area contributed by atoms with Gasteiger partial charge >= 0.3 is 5.97 Å². The Balaban J connectivity index is 2.42. The highest BCUT2D eigenvalue weighted by Crippen LogP contribution is 2.32. The number of methoxy groups -OCH3 is 1. The Morgan fingerprint density at radius 2 is 2.15 bits per heavy atom. The van der Waals surface area contributed by atoms with E-state index in [9.17, 15) is 18.3 Å². The van der Waals surface area contributed by atoms with Gasteiger partial charge in [0, 0.05) is 29.8 Å². The predicted octanol–water partition coefficient (Wildman–Crippen LogP) is 1.23. The highest BCUT2D eigenvalue weighted by atomic mass is 32.2. The molecule has 20 heavy (non-hydrogen) atoms. The van der Waals surface area contributed by atoms with Gasteiger partial charge in [0.05, 0.1) is 11.0 Å². The van der Waals surface area contributed by atoms with E-state index in [2.05, 4.69) is 0 Å². The van der Waals surface area contributed by atoms with Crippen molar-refractivity contribution < 1.29 is 23.1 Å². The topological polar surface area (TPSA) is 83.9 Å². The van der Waals surface area contributed by atoms with Gasteiger partial charge < -0.3 is 9.84 Å². The van der Waals surface area contributed by atoms with Crippen LogP contribution in [0.15, 0.2) is 11.0 Å². The van der Waals surface area contributed by atoms with E-state index in [4.69, 9.17) is 4.74 Å². The molecule has 0 saturated carbocycles. The van der Waals surface area contributed by atoms with Crippen LogP contribution in [-0.4, -0.2) is 49.6 Å². The zero-order valence-electron chi connectivity index (χ0n) is 11.5. The van der Waals surface area contributed by atoms with E-state index in [1.807, 2.05) is 6.92 Å². The molecule has 1 aromatic heterocycles. The van der Waals surface area contributed by atoms with Gasteiger partial charge in [-0.2, -0.15) is 4.31 Å². The van der Waals surface area contributed by atoms with E-state index in [1.165, 1.54) is 18.4 Å². The molecule has 0 amide bonds. The number of nitrogens with zero attached hydrogens (tertiary/aromatic N) is 1. The zero-order valence-corrected chi connectivity index (χ0v) is 13.1. The number of hydrogen-bond donors (Lipinski definition) is 1. The number of carbonyl (C=O) groups is 1. The number of carboxylic acid groups (broad SMARTS) is 1. The molecule has 1 saturated heterocycles. The van der Waals surface area contributed by atoms with Gasteiger partial charge in [-0.1, -0.05) is 0 Å². The molecule has 112 valence electrons. The van der Waals surface area contributed by atoms with Gasteiger partial charge in [0.25, 0.3) is 0 Å². The van der Waals surface area contributed by atoms with Crippen LogP contribution in [0.3, 0.4) is 0 Å². The quantitative estimate of drug-likeness (QED) is 0.902. The summed E-state index contributed by atoms with van der Waals surface area (Å²) < 4.78 is 31.5. The van der Waals surface area contributed by atoms with Crippen LogP contribution in [0.5, 0.6) is 0 Å². The second kappa shape index (κ2) is 5.44. The molecule has 1 aliphatic rings. The van der Waals surface area contributed by atoms with E-state index < -0.39 is 22.0 Å². The molecule has 8 heteroatoms. The smallest absolute Gasteiger partial charge is 0.322 e. The molecular weight excluding hydrogens is 302 g/mol. The Hall–Kier alpha value is -0.960. The van der Waals surface area contributed by atoms with Gasteiger partial charge in [-0.15, -0.1) is 11.3 Å². The van der Waals surface area contributed by atoms with Crippen molar-refractivity contribution in [2.24, 2.45) is 0 Å². The molecular formula is C12H17NO5S2. The van der Waals surface area contributed by atoms with E-state index in [0.717, 1.165) is 9.18 Å². The predicted molar refractivity (Wildman–Crippen MR) is 74.5 cm³/mol. The number of sulfonamides is 1. The van der Waals surface area contributed by atoms with Gasteiger partial charge in [0.2, 0.25) is 10.0 Å². The Bertz CT molecular complexity index is 622. The van der Waals surface area contributed by atoms with E-state index in [-0.39, 0.29) is 24.0 Å². The molecule has 0 aromatic carbocycles. The highest BCUT2D eigenvalue weighted by molar-refractivity contribution is 7.89. The summed E-state index contributed by atoms with van der Waals surface area (Å²) in [6.45, 7) is 3.63. The summed E-state index contributed by atoms with van der Waals surface area (Å²) in [7, 11) is -2.34. The molecule has 0 bridgehead atoms. The second-order valence-corrected chi connectivity index (χ2v) is 8.12. The van der Waals surface area contributed by atoms with Crippen LogP contribution >= 0.6 is 11.3 Å². The summed E-state index contributed by atoms with van der Waals surface area (Å²) in [6.07, 6.45) is -0.210. The van der Waals surface area contributed by atoms with E-state index in [1.54, 1.807) is 13.0 Å². The monoisotopic (exact) mass is 319 g/mol. The number of rotatable bonds is 4. The fraction of sp³-hybridized carbons (Fsp3) is 0.583. The molecule has 2 atom stereocenters. The molecule has 0 radical (unpaired) electrons. The maximum Gasteiger partial charge on any atom is 0.322 e. The molecule has 0 aliphatic carbocycles. The Labute approximate surface area is 122 Å². The summed E-state index contributed by atoms with van der Waals surface area (Å²) in [5.74, 6) is -1.14. The van der Waals surface area contributed by atoms with Crippen LogP contribution in [-0.2, 0) is 19.6 Å². The van der Waals surface area contributed by atoms with Crippen LogP contribution in [0.1, 0.15) is 16.2 Å². The third-order valence-electron chi connectivity index (χ3n) is 3.42. The van der Waals surface area contributed by atoms with Crippen molar-refractivity contribution in [1.29, 1.82) is 0 Å². The summed E-state index contributed by atoms with van der Waals surface area (Å²) in [5.41, 5.74) is 0. The summed E-state index contributed by atoms with van der Waals surface area (Å²) in [6, 6.07) is 0.526. The number of aliphatic carboxylic acids is 1. The van der Waals surface area contributed by atoms with Crippen LogP contribution in [0, 0.1) is 13.8 Å². The molecule has 6 nitrogen and oxygen atoms in total. The number of aryl methyl sites for hydroxylation is 2. The van der Waals surface area contributed by atoms with Crippen LogP contribution in [0.25, 0.3) is 0 Å². The molecule has 1 aromatic rings. The average Bonchev–Trinajstić information content (AvgIpc) is 2.93. The van der Waals surface area contributed by atoms with Gasteiger partial charge in [-0.25, -0.2) is 8.42 Å².